The minimum absolute atomic E-state index is 0.823. The maximum absolute atomic E-state index is 6.03. The molecule has 29 heavy (non-hydrogen) atoms. The summed E-state index contributed by atoms with van der Waals surface area (Å²) < 4.78 is 7.94. The lowest BCUT2D eigenvalue weighted by Gasteiger charge is -2.26. The average molecular weight is 395 g/mol. The van der Waals surface area contributed by atoms with E-state index in [4.69, 9.17) is 4.74 Å². The molecule has 2 aromatic rings. The van der Waals surface area contributed by atoms with Crippen LogP contribution in [0.25, 0.3) is 5.69 Å². The number of piperidine rings is 2. The molecule has 3 fully saturated rings. The van der Waals surface area contributed by atoms with Gasteiger partial charge in [0.15, 0.2) is 0 Å². The summed E-state index contributed by atoms with van der Waals surface area (Å²) in [6, 6.07) is 10.8. The molecule has 1 saturated carbocycles. The van der Waals surface area contributed by atoms with Gasteiger partial charge in [-0.15, -0.1) is 0 Å². The zero-order valence-corrected chi connectivity index (χ0v) is 17.5. The van der Waals surface area contributed by atoms with Crippen LogP contribution in [0.15, 0.2) is 42.7 Å². The van der Waals surface area contributed by atoms with E-state index in [0.29, 0.717) is 0 Å². The highest BCUT2D eigenvalue weighted by atomic mass is 16.5. The lowest BCUT2D eigenvalue weighted by atomic mass is 10.1. The van der Waals surface area contributed by atoms with Crippen molar-refractivity contribution in [2.45, 2.75) is 32.2 Å². The Morgan fingerprint density at radius 2 is 1.76 bits per heavy atom. The van der Waals surface area contributed by atoms with Crippen molar-refractivity contribution in [2.75, 3.05) is 45.9 Å². The van der Waals surface area contributed by atoms with Gasteiger partial charge in [-0.05, 0) is 73.9 Å². The van der Waals surface area contributed by atoms with E-state index in [1.165, 1.54) is 64.0 Å². The highest BCUT2D eigenvalue weighted by Gasteiger charge is 2.55. The Morgan fingerprint density at radius 3 is 2.48 bits per heavy atom. The van der Waals surface area contributed by atoms with E-state index in [0.717, 1.165) is 43.2 Å². The second-order valence-electron chi connectivity index (χ2n) is 9.13. The Bertz CT molecular complexity index is 742. The second-order valence-corrected chi connectivity index (χ2v) is 9.13. The summed E-state index contributed by atoms with van der Waals surface area (Å²) in [5.74, 6) is 2.57. The number of aromatic nitrogens is 2. The maximum atomic E-state index is 6.03. The number of hydrogen-bond donors (Lipinski definition) is 0. The minimum Gasteiger partial charge on any atom is -0.381 e. The number of likely N-dealkylation sites (tertiary alicyclic amines) is 2. The molecular formula is C24H34N4O. The number of fused-ring (bicyclic) bond motifs is 1. The van der Waals surface area contributed by atoms with Crippen LogP contribution in [0.5, 0.6) is 0 Å². The van der Waals surface area contributed by atoms with Crippen molar-refractivity contribution in [3.63, 3.8) is 0 Å². The predicted octanol–water partition coefficient (Wildman–Crippen LogP) is 3.44. The first kappa shape index (κ1) is 19.3. The van der Waals surface area contributed by atoms with E-state index in [9.17, 15) is 0 Å². The van der Waals surface area contributed by atoms with Gasteiger partial charge in [-0.3, -0.25) is 4.90 Å². The van der Waals surface area contributed by atoms with Crippen molar-refractivity contribution in [3.05, 3.63) is 48.3 Å². The lowest BCUT2D eigenvalue weighted by molar-refractivity contribution is 0.0967. The van der Waals surface area contributed by atoms with E-state index in [1.807, 2.05) is 23.1 Å². The molecular weight excluding hydrogens is 360 g/mol. The number of ether oxygens (including phenoxy) is 1. The summed E-state index contributed by atoms with van der Waals surface area (Å²) in [5.41, 5.74) is 2.52. The first-order valence-corrected chi connectivity index (χ1v) is 11.5. The van der Waals surface area contributed by atoms with E-state index in [2.05, 4.69) is 39.2 Å². The molecule has 2 saturated heterocycles. The average Bonchev–Trinajstić information content (AvgIpc) is 3.15. The van der Waals surface area contributed by atoms with E-state index in [-0.39, 0.29) is 0 Å². The van der Waals surface area contributed by atoms with Crippen molar-refractivity contribution in [1.82, 2.24) is 19.6 Å². The molecule has 2 aliphatic heterocycles. The zero-order chi connectivity index (χ0) is 19.5. The van der Waals surface area contributed by atoms with Crippen molar-refractivity contribution < 1.29 is 4.74 Å². The second kappa shape index (κ2) is 8.99. The van der Waals surface area contributed by atoms with Gasteiger partial charge < -0.3 is 9.64 Å². The lowest BCUT2D eigenvalue weighted by Crippen LogP contribution is -2.31. The van der Waals surface area contributed by atoms with Gasteiger partial charge in [0.1, 0.15) is 0 Å². The Hall–Kier alpha value is -1.69. The van der Waals surface area contributed by atoms with Gasteiger partial charge in [-0.25, -0.2) is 4.68 Å². The summed E-state index contributed by atoms with van der Waals surface area (Å²) in [4.78, 5) is 5.23. The molecule has 1 aromatic heterocycles. The fourth-order valence-electron chi connectivity index (χ4n) is 5.34. The van der Waals surface area contributed by atoms with Gasteiger partial charge in [-0.1, -0.05) is 18.6 Å². The highest BCUT2D eigenvalue weighted by molar-refractivity contribution is 5.33. The van der Waals surface area contributed by atoms with Crippen LogP contribution in [0, 0.1) is 17.8 Å². The molecule has 0 spiro atoms. The monoisotopic (exact) mass is 394 g/mol. The van der Waals surface area contributed by atoms with Crippen molar-refractivity contribution in [2.24, 2.45) is 17.8 Å². The summed E-state index contributed by atoms with van der Waals surface area (Å²) in [6.45, 7) is 9.31. The van der Waals surface area contributed by atoms with Gasteiger partial charge in [0, 0.05) is 45.2 Å². The van der Waals surface area contributed by atoms with Gasteiger partial charge >= 0.3 is 0 Å². The van der Waals surface area contributed by atoms with Crippen LogP contribution in [0.1, 0.15) is 31.2 Å². The van der Waals surface area contributed by atoms with Crippen LogP contribution in [-0.4, -0.2) is 65.5 Å². The molecule has 0 radical (unpaired) electrons. The normalized spacial score (nSPS) is 27.2. The summed E-state index contributed by atoms with van der Waals surface area (Å²) in [5, 5.41) is 4.30. The molecule has 3 atom stereocenters. The molecule has 0 unspecified atom stereocenters. The standard InChI is InChI=1S/C24H34N4O/c1-2-11-26(12-3-1)13-5-15-29-19-24-22-17-27(18-23(22)24)16-20-6-8-21(9-7-20)28-14-4-10-25-28/h4,6-10,14,22-24H,1-3,5,11-13,15-19H2/t22-,23+,24+. The Kier molecular flexibility index (Phi) is 5.97. The molecule has 0 bridgehead atoms. The fourth-order valence-corrected chi connectivity index (χ4v) is 5.34. The fraction of sp³-hybridized carbons (Fsp3) is 0.625. The predicted molar refractivity (Wildman–Crippen MR) is 115 cm³/mol. The van der Waals surface area contributed by atoms with Gasteiger partial charge in [0.2, 0.25) is 0 Å². The zero-order valence-electron chi connectivity index (χ0n) is 17.5. The first-order chi connectivity index (χ1) is 14.4. The molecule has 0 amide bonds. The SMILES string of the molecule is c1cnn(-c2ccc(CN3C[C@@H]4[C@@H](COCCCN5CCCCC5)[C@@H]4C3)cc2)c1. The minimum atomic E-state index is 0.823. The van der Waals surface area contributed by atoms with E-state index >= 15 is 0 Å². The third-order valence-electron chi connectivity index (χ3n) is 7.08. The Labute approximate surface area is 174 Å². The largest absolute Gasteiger partial charge is 0.381 e. The summed E-state index contributed by atoms with van der Waals surface area (Å²) in [6.07, 6.45) is 9.19. The van der Waals surface area contributed by atoms with E-state index in [1.54, 1.807) is 0 Å². The Morgan fingerprint density at radius 1 is 0.966 bits per heavy atom. The van der Waals surface area contributed by atoms with Crippen LogP contribution in [0.2, 0.25) is 0 Å². The first-order valence-electron chi connectivity index (χ1n) is 11.5. The third-order valence-corrected chi connectivity index (χ3v) is 7.08. The maximum Gasteiger partial charge on any atom is 0.0645 e. The highest BCUT2D eigenvalue weighted by Crippen LogP contribution is 2.52. The van der Waals surface area contributed by atoms with Gasteiger partial charge in [0.25, 0.3) is 0 Å². The molecule has 5 heteroatoms. The van der Waals surface area contributed by atoms with Crippen LogP contribution >= 0.6 is 0 Å². The van der Waals surface area contributed by atoms with E-state index < -0.39 is 0 Å². The Balaban J connectivity index is 0.976. The van der Waals surface area contributed by atoms with Crippen molar-refractivity contribution in [1.29, 1.82) is 0 Å². The summed E-state index contributed by atoms with van der Waals surface area (Å²) >= 11 is 0. The molecule has 5 nitrogen and oxygen atoms in total. The smallest absolute Gasteiger partial charge is 0.0645 e. The van der Waals surface area contributed by atoms with Gasteiger partial charge in [-0.2, -0.15) is 5.10 Å². The van der Waals surface area contributed by atoms with Crippen molar-refractivity contribution >= 4 is 0 Å². The number of rotatable bonds is 9. The van der Waals surface area contributed by atoms with Crippen LogP contribution in [0.4, 0.5) is 0 Å². The van der Waals surface area contributed by atoms with Crippen LogP contribution in [-0.2, 0) is 11.3 Å². The molecule has 156 valence electrons. The number of hydrogen-bond acceptors (Lipinski definition) is 4. The quantitative estimate of drug-likeness (QED) is 0.610. The number of benzene rings is 1. The molecule has 3 heterocycles. The van der Waals surface area contributed by atoms with Crippen LogP contribution < -0.4 is 0 Å². The van der Waals surface area contributed by atoms with Gasteiger partial charge in [0.05, 0.1) is 12.3 Å². The number of nitrogens with zero attached hydrogens (tertiary/aromatic N) is 4. The summed E-state index contributed by atoms with van der Waals surface area (Å²) in [7, 11) is 0. The van der Waals surface area contributed by atoms with Crippen LogP contribution in [0.3, 0.4) is 0 Å². The molecule has 0 N–H and O–H groups in total. The molecule has 5 rings (SSSR count). The van der Waals surface area contributed by atoms with Crippen molar-refractivity contribution in [3.8, 4) is 5.69 Å². The molecule has 1 aromatic carbocycles. The topological polar surface area (TPSA) is 33.5 Å². The molecule has 1 aliphatic carbocycles. The third kappa shape index (κ3) is 4.73. The molecule has 3 aliphatic rings.